The summed E-state index contributed by atoms with van der Waals surface area (Å²) in [5, 5.41) is 0. The molecule has 2 fully saturated rings. The number of amides is 1. The number of nitrogen functional groups attached to an aromatic ring is 1. The molecule has 2 saturated heterocycles. The van der Waals surface area contributed by atoms with Gasteiger partial charge in [0.2, 0.25) is 11.9 Å². The lowest BCUT2D eigenvalue weighted by Gasteiger charge is -2.38. The van der Waals surface area contributed by atoms with Gasteiger partial charge in [-0.1, -0.05) is 0 Å². The molecule has 0 aromatic carbocycles. The Kier molecular flexibility index (Phi) is 3.14. The average molecular weight is 301 g/mol. The zero-order valence-corrected chi connectivity index (χ0v) is 11.1. The number of carbonyl (C=O) groups is 1. The van der Waals surface area contributed by atoms with E-state index in [4.69, 9.17) is 5.73 Å². The Bertz CT molecular complexity index is 577. The van der Waals surface area contributed by atoms with Crippen molar-refractivity contribution < 1.29 is 18.0 Å². The van der Waals surface area contributed by atoms with Gasteiger partial charge in [0.1, 0.15) is 5.82 Å². The fourth-order valence-electron chi connectivity index (χ4n) is 2.83. The first-order valence-corrected chi connectivity index (χ1v) is 6.61. The van der Waals surface area contributed by atoms with E-state index in [9.17, 15) is 18.0 Å². The molecule has 0 spiro atoms. The number of carbonyl (C=O) groups excluding carboxylic acids is 1. The van der Waals surface area contributed by atoms with Gasteiger partial charge in [0.05, 0.1) is 0 Å². The quantitative estimate of drug-likeness (QED) is 0.833. The van der Waals surface area contributed by atoms with Crippen molar-refractivity contribution in [1.29, 1.82) is 0 Å². The van der Waals surface area contributed by atoms with Crippen molar-refractivity contribution in [2.24, 2.45) is 0 Å². The van der Waals surface area contributed by atoms with Gasteiger partial charge in [-0.25, -0.2) is 4.98 Å². The molecule has 2 aliphatic rings. The molecule has 1 atom stereocenters. The van der Waals surface area contributed by atoms with Crippen molar-refractivity contribution in [3.05, 3.63) is 11.8 Å². The fraction of sp³-hybridized carbons (Fsp3) is 0.583. The first-order valence-electron chi connectivity index (χ1n) is 6.61. The molecule has 0 bridgehead atoms. The van der Waals surface area contributed by atoms with Gasteiger partial charge in [-0.05, 0) is 6.42 Å². The second-order valence-electron chi connectivity index (χ2n) is 5.19. The van der Waals surface area contributed by atoms with Crippen LogP contribution < -0.4 is 10.6 Å². The third kappa shape index (κ3) is 2.59. The summed E-state index contributed by atoms with van der Waals surface area (Å²) in [5.74, 6) is -0.128. The molecular formula is C12H14F3N5O. The van der Waals surface area contributed by atoms with Gasteiger partial charge in [0, 0.05) is 38.2 Å². The van der Waals surface area contributed by atoms with Gasteiger partial charge in [-0.15, -0.1) is 0 Å². The Morgan fingerprint density at radius 3 is 2.76 bits per heavy atom. The molecule has 0 radical (unpaired) electrons. The summed E-state index contributed by atoms with van der Waals surface area (Å²) in [6.45, 7) is 1.41. The van der Waals surface area contributed by atoms with Crippen LogP contribution in [0, 0.1) is 0 Å². The minimum Gasteiger partial charge on any atom is -0.368 e. The van der Waals surface area contributed by atoms with Gasteiger partial charge in [-0.3, -0.25) is 4.79 Å². The number of hydrogen-bond donors (Lipinski definition) is 1. The van der Waals surface area contributed by atoms with Crippen molar-refractivity contribution in [2.45, 2.75) is 25.1 Å². The highest BCUT2D eigenvalue weighted by Gasteiger charge is 2.37. The second kappa shape index (κ2) is 4.74. The van der Waals surface area contributed by atoms with Gasteiger partial charge in [0.25, 0.3) is 0 Å². The van der Waals surface area contributed by atoms with Crippen LogP contribution >= 0.6 is 0 Å². The number of hydrogen-bond acceptors (Lipinski definition) is 5. The molecule has 9 heteroatoms. The maximum absolute atomic E-state index is 12.8. The number of rotatable bonds is 1. The van der Waals surface area contributed by atoms with E-state index in [2.05, 4.69) is 9.97 Å². The molecule has 3 heterocycles. The van der Waals surface area contributed by atoms with Crippen LogP contribution in [-0.2, 0) is 11.0 Å². The number of halogens is 3. The van der Waals surface area contributed by atoms with Crippen molar-refractivity contribution >= 4 is 17.7 Å². The summed E-state index contributed by atoms with van der Waals surface area (Å²) in [6.07, 6.45) is -3.34. The molecule has 6 nitrogen and oxygen atoms in total. The number of fused-ring (bicyclic) bond motifs is 1. The maximum Gasteiger partial charge on any atom is 0.433 e. The van der Waals surface area contributed by atoms with E-state index >= 15 is 0 Å². The Balaban J connectivity index is 1.84. The lowest BCUT2D eigenvalue weighted by molar-refractivity contribution is -0.141. The van der Waals surface area contributed by atoms with Crippen LogP contribution in [0.5, 0.6) is 0 Å². The van der Waals surface area contributed by atoms with Crippen molar-refractivity contribution in [3.63, 3.8) is 0 Å². The standard InChI is InChI=1S/C12H14F3N5O/c13-12(14,15)8-5-9(18-11(16)17-8)19-3-4-20-7(6-19)1-2-10(20)21/h5,7H,1-4,6H2,(H2,16,17,18). The van der Waals surface area contributed by atoms with E-state index < -0.39 is 17.8 Å². The summed E-state index contributed by atoms with van der Waals surface area (Å²) < 4.78 is 38.3. The predicted octanol–water partition coefficient (Wildman–Crippen LogP) is 0.889. The van der Waals surface area contributed by atoms with E-state index in [1.807, 2.05) is 0 Å². The Hall–Kier alpha value is -2.06. The molecule has 1 aromatic heterocycles. The number of piperazine rings is 1. The molecule has 1 unspecified atom stereocenters. The Morgan fingerprint density at radius 1 is 1.29 bits per heavy atom. The molecule has 3 rings (SSSR count). The number of nitrogens with zero attached hydrogens (tertiary/aromatic N) is 4. The molecule has 21 heavy (non-hydrogen) atoms. The van der Waals surface area contributed by atoms with E-state index in [-0.39, 0.29) is 17.8 Å². The van der Waals surface area contributed by atoms with E-state index in [0.717, 1.165) is 12.5 Å². The van der Waals surface area contributed by atoms with Crippen LogP contribution in [0.3, 0.4) is 0 Å². The van der Waals surface area contributed by atoms with Crippen molar-refractivity contribution in [3.8, 4) is 0 Å². The highest BCUT2D eigenvalue weighted by molar-refractivity contribution is 5.79. The van der Waals surface area contributed by atoms with Crippen LogP contribution in [-0.4, -0.2) is 46.5 Å². The number of alkyl halides is 3. The van der Waals surface area contributed by atoms with E-state index in [1.165, 1.54) is 0 Å². The summed E-state index contributed by atoms with van der Waals surface area (Å²) in [6, 6.07) is 0.944. The molecule has 2 N–H and O–H groups in total. The monoisotopic (exact) mass is 301 g/mol. The second-order valence-corrected chi connectivity index (χ2v) is 5.19. The average Bonchev–Trinajstić information content (AvgIpc) is 2.78. The van der Waals surface area contributed by atoms with E-state index in [0.29, 0.717) is 26.1 Å². The smallest absolute Gasteiger partial charge is 0.368 e. The van der Waals surface area contributed by atoms with Gasteiger partial charge in [0.15, 0.2) is 5.69 Å². The van der Waals surface area contributed by atoms with Crippen molar-refractivity contribution in [2.75, 3.05) is 30.3 Å². The van der Waals surface area contributed by atoms with Crippen LogP contribution in [0.15, 0.2) is 6.07 Å². The first kappa shape index (κ1) is 13.9. The van der Waals surface area contributed by atoms with Crippen LogP contribution in [0.1, 0.15) is 18.5 Å². The van der Waals surface area contributed by atoms with Crippen LogP contribution in [0.2, 0.25) is 0 Å². The first-order chi connectivity index (χ1) is 9.84. The number of aromatic nitrogens is 2. The SMILES string of the molecule is Nc1nc(N2CCN3C(=O)CCC3C2)cc(C(F)(F)F)n1. The molecule has 114 valence electrons. The molecule has 0 saturated carbocycles. The number of nitrogens with two attached hydrogens (primary N) is 1. The third-order valence-electron chi connectivity index (χ3n) is 3.84. The lowest BCUT2D eigenvalue weighted by Crippen LogP contribution is -2.51. The summed E-state index contributed by atoms with van der Waals surface area (Å²) in [5.41, 5.74) is 4.33. The van der Waals surface area contributed by atoms with Gasteiger partial charge >= 0.3 is 6.18 Å². The third-order valence-corrected chi connectivity index (χ3v) is 3.84. The summed E-state index contributed by atoms with van der Waals surface area (Å²) >= 11 is 0. The largest absolute Gasteiger partial charge is 0.433 e. The van der Waals surface area contributed by atoms with Crippen LogP contribution in [0.25, 0.3) is 0 Å². The molecule has 1 amide bonds. The van der Waals surface area contributed by atoms with Crippen molar-refractivity contribution in [1.82, 2.24) is 14.9 Å². The van der Waals surface area contributed by atoms with E-state index in [1.54, 1.807) is 9.80 Å². The highest BCUT2D eigenvalue weighted by Crippen LogP contribution is 2.31. The minimum atomic E-state index is -4.56. The Labute approximate surface area is 118 Å². The maximum atomic E-state index is 12.8. The molecule has 1 aromatic rings. The van der Waals surface area contributed by atoms with Gasteiger partial charge < -0.3 is 15.5 Å². The topological polar surface area (TPSA) is 75.3 Å². The fourth-order valence-corrected chi connectivity index (χ4v) is 2.83. The summed E-state index contributed by atoms with van der Waals surface area (Å²) in [4.78, 5) is 22.2. The zero-order chi connectivity index (χ0) is 15.2. The van der Waals surface area contributed by atoms with Crippen LogP contribution in [0.4, 0.5) is 24.9 Å². The molecule has 0 aliphatic carbocycles. The zero-order valence-electron chi connectivity index (χ0n) is 11.1. The normalized spacial score (nSPS) is 22.6. The van der Waals surface area contributed by atoms with Gasteiger partial charge in [-0.2, -0.15) is 18.2 Å². The molecular weight excluding hydrogens is 287 g/mol. The Morgan fingerprint density at radius 2 is 2.05 bits per heavy atom. The lowest BCUT2D eigenvalue weighted by atomic mass is 10.1. The molecule has 2 aliphatic heterocycles. The summed E-state index contributed by atoms with van der Waals surface area (Å²) in [7, 11) is 0. The number of anilines is 2. The highest BCUT2D eigenvalue weighted by atomic mass is 19.4. The predicted molar refractivity (Wildman–Crippen MR) is 68.4 cm³/mol. The minimum absolute atomic E-state index is 0.0387.